The number of nitrogen functional groups attached to an aromatic ring is 2. The SMILES string of the molecule is C.COC(=O)CCc1nc2c(N3CCOCC3)nc(-c3cnc(N)nc3)cn2c1N. The van der Waals surface area contributed by atoms with Crippen LogP contribution >= 0.6 is 0 Å². The quantitative estimate of drug-likeness (QED) is 0.578. The molecule has 160 valence electrons. The predicted octanol–water partition coefficient (Wildman–Crippen LogP) is 0.929. The molecule has 3 aromatic heterocycles. The Morgan fingerprint density at radius 2 is 1.90 bits per heavy atom. The van der Waals surface area contributed by atoms with E-state index in [2.05, 4.69) is 19.9 Å². The third kappa shape index (κ3) is 4.10. The van der Waals surface area contributed by atoms with Crippen LogP contribution in [0.4, 0.5) is 17.6 Å². The molecule has 1 aliphatic rings. The zero-order valence-electron chi connectivity index (χ0n) is 16.0. The number of imidazole rings is 1. The Morgan fingerprint density at radius 1 is 1.20 bits per heavy atom. The Labute approximate surface area is 174 Å². The summed E-state index contributed by atoms with van der Waals surface area (Å²) in [6.07, 6.45) is 5.60. The van der Waals surface area contributed by atoms with Crippen molar-refractivity contribution in [2.24, 2.45) is 0 Å². The average Bonchev–Trinajstić information content (AvgIpc) is 3.08. The van der Waals surface area contributed by atoms with Crippen molar-refractivity contribution in [3.63, 3.8) is 0 Å². The highest BCUT2D eigenvalue weighted by Crippen LogP contribution is 2.28. The molecule has 4 rings (SSSR count). The first-order valence-corrected chi connectivity index (χ1v) is 9.21. The summed E-state index contributed by atoms with van der Waals surface area (Å²) in [5.74, 6) is 1.03. The van der Waals surface area contributed by atoms with E-state index in [1.807, 2.05) is 0 Å². The third-order valence-corrected chi connectivity index (χ3v) is 4.77. The number of hydrogen-bond donors (Lipinski definition) is 2. The maximum absolute atomic E-state index is 11.5. The van der Waals surface area contributed by atoms with E-state index < -0.39 is 0 Å². The van der Waals surface area contributed by atoms with Crippen LogP contribution in [0.3, 0.4) is 0 Å². The van der Waals surface area contributed by atoms with E-state index in [0.29, 0.717) is 67.0 Å². The van der Waals surface area contributed by atoms with Gasteiger partial charge in [0.1, 0.15) is 5.82 Å². The minimum atomic E-state index is -0.312. The molecule has 1 saturated heterocycles. The summed E-state index contributed by atoms with van der Waals surface area (Å²) in [5.41, 5.74) is 14.6. The van der Waals surface area contributed by atoms with Gasteiger partial charge in [0, 0.05) is 43.7 Å². The van der Waals surface area contributed by atoms with Crippen molar-refractivity contribution in [1.82, 2.24) is 24.3 Å². The van der Waals surface area contributed by atoms with Crippen LogP contribution in [0.2, 0.25) is 0 Å². The van der Waals surface area contributed by atoms with Crippen molar-refractivity contribution < 1.29 is 14.3 Å². The number of methoxy groups -OCH3 is 1. The lowest BCUT2D eigenvalue weighted by atomic mass is 10.2. The lowest BCUT2D eigenvalue weighted by molar-refractivity contribution is -0.140. The summed E-state index contributed by atoms with van der Waals surface area (Å²) in [6, 6.07) is 0. The summed E-state index contributed by atoms with van der Waals surface area (Å²) >= 11 is 0. The van der Waals surface area contributed by atoms with Gasteiger partial charge in [-0.2, -0.15) is 0 Å². The number of nitrogens with zero attached hydrogens (tertiary/aromatic N) is 6. The molecule has 4 N–H and O–H groups in total. The van der Waals surface area contributed by atoms with Crippen LogP contribution in [-0.2, 0) is 20.7 Å². The number of ether oxygens (including phenoxy) is 2. The molecular formula is C19H26N8O3. The number of carbonyl (C=O) groups is 1. The molecule has 0 aliphatic carbocycles. The van der Waals surface area contributed by atoms with Crippen molar-refractivity contribution in [2.75, 3.05) is 49.8 Å². The zero-order valence-corrected chi connectivity index (χ0v) is 16.0. The molecule has 4 heterocycles. The molecule has 0 bridgehead atoms. The van der Waals surface area contributed by atoms with Crippen LogP contribution in [-0.4, -0.2) is 63.7 Å². The molecule has 0 spiro atoms. The second kappa shape index (κ2) is 8.91. The Balaban J connectivity index is 0.00000256. The van der Waals surface area contributed by atoms with E-state index in [0.717, 1.165) is 0 Å². The lowest BCUT2D eigenvalue weighted by Crippen LogP contribution is -2.37. The van der Waals surface area contributed by atoms with Crippen LogP contribution in [0.1, 0.15) is 19.5 Å². The number of rotatable bonds is 5. The van der Waals surface area contributed by atoms with Gasteiger partial charge in [-0.1, -0.05) is 7.43 Å². The third-order valence-electron chi connectivity index (χ3n) is 4.77. The number of morpholine rings is 1. The molecule has 0 atom stereocenters. The smallest absolute Gasteiger partial charge is 0.305 e. The van der Waals surface area contributed by atoms with E-state index >= 15 is 0 Å². The van der Waals surface area contributed by atoms with Gasteiger partial charge in [-0.05, 0) is 0 Å². The summed E-state index contributed by atoms with van der Waals surface area (Å²) in [7, 11) is 1.36. The van der Waals surface area contributed by atoms with Crippen LogP contribution in [0.25, 0.3) is 16.9 Å². The maximum Gasteiger partial charge on any atom is 0.305 e. The predicted molar refractivity (Wildman–Crippen MR) is 113 cm³/mol. The zero-order chi connectivity index (χ0) is 20.4. The van der Waals surface area contributed by atoms with Gasteiger partial charge in [0.05, 0.1) is 38.1 Å². The van der Waals surface area contributed by atoms with Crippen molar-refractivity contribution >= 4 is 29.2 Å². The van der Waals surface area contributed by atoms with Crippen molar-refractivity contribution in [1.29, 1.82) is 0 Å². The average molecular weight is 414 g/mol. The highest BCUT2D eigenvalue weighted by atomic mass is 16.5. The van der Waals surface area contributed by atoms with Crippen LogP contribution in [0.5, 0.6) is 0 Å². The lowest BCUT2D eigenvalue weighted by Gasteiger charge is -2.28. The summed E-state index contributed by atoms with van der Waals surface area (Å²) in [5, 5.41) is 0. The second-order valence-corrected chi connectivity index (χ2v) is 6.59. The number of anilines is 3. The van der Waals surface area contributed by atoms with Crippen molar-refractivity contribution in [3.05, 3.63) is 24.3 Å². The van der Waals surface area contributed by atoms with Gasteiger partial charge in [0.15, 0.2) is 11.5 Å². The van der Waals surface area contributed by atoms with E-state index in [1.165, 1.54) is 7.11 Å². The van der Waals surface area contributed by atoms with Crippen molar-refractivity contribution in [2.45, 2.75) is 20.3 Å². The van der Waals surface area contributed by atoms with Crippen LogP contribution in [0.15, 0.2) is 18.6 Å². The first-order chi connectivity index (χ1) is 14.1. The molecule has 0 aromatic carbocycles. The summed E-state index contributed by atoms with van der Waals surface area (Å²) in [6.45, 7) is 2.59. The molecule has 0 saturated carbocycles. The Hall–Kier alpha value is -3.47. The van der Waals surface area contributed by atoms with E-state index in [9.17, 15) is 4.79 Å². The molecule has 0 radical (unpaired) electrons. The molecule has 1 fully saturated rings. The van der Waals surface area contributed by atoms with Crippen molar-refractivity contribution in [3.8, 4) is 11.3 Å². The van der Waals surface area contributed by atoms with Gasteiger partial charge in [-0.15, -0.1) is 0 Å². The maximum atomic E-state index is 11.5. The largest absolute Gasteiger partial charge is 0.469 e. The van der Waals surface area contributed by atoms with E-state index in [1.54, 1.807) is 23.0 Å². The van der Waals surface area contributed by atoms with E-state index in [-0.39, 0.29) is 25.8 Å². The summed E-state index contributed by atoms with van der Waals surface area (Å²) < 4.78 is 12.0. The fraction of sp³-hybridized carbons (Fsp3) is 0.421. The topological polar surface area (TPSA) is 147 Å². The molecular weight excluding hydrogens is 388 g/mol. The number of esters is 1. The highest BCUT2D eigenvalue weighted by Gasteiger charge is 2.22. The van der Waals surface area contributed by atoms with Gasteiger partial charge in [0.25, 0.3) is 0 Å². The second-order valence-electron chi connectivity index (χ2n) is 6.59. The molecule has 11 nitrogen and oxygen atoms in total. The molecule has 1 aliphatic heterocycles. The van der Waals surface area contributed by atoms with Gasteiger partial charge in [-0.25, -0.2) is 19.9 Å². The minimum absolute atomic E-state index is 0. The van der Waals surface area contributed by atoms with Gasteiger partial charge in [-0.3, -0.25) is 9.20 Å². The standard InChI is InChI=1S/C18H22N8O3.CH4/c1-28-14(27)3-2-12-15(19)26-10-13(11-8-21-18(20)22-9-11)24-16(17(26)23-12)25-4-6-29-7-5-25;/h8-10H,2-7,19H2,1H3,(H2,20,21,22);1H4. The van der Waals surface area contributed by atoms with Crippen LogP contribution < -0.4 is 16.4 Å². The molecule has 3 aromatic rings. The Morgan fingerprint density at radius 3 is 2.57 bits per heavy atom. The first-order valence-electron chi connectivity index (χ1n) is 9.21. The fourth-order valence-corrected chi connectivity index (χ4v) is 3.20. The summed E-state index contributed by atoms with van der Waals surface area (Å²) in [4.78, 5) is 31.2. The molecule has 0 amide bonds. The number of aromatic nitrogens is 5. The first kappa shape index (κ1) is 21.2. The van der Waals surface area contributed by atoms with Gasteiger partial charge < -0.3 is 25.8 Å². The normalized spacial score (nSPS) is 13.8. The fourth-order valence-electron chi connectivity index (χ4n) is 3.20. The van der Waals surface area contributed by atoms with Gasteiger partial charge in [0.2, 0.25) is 5.95 Å². The molecule has 30 heavy (non-hydrogen) atoms. The van der Waals surface area contributed by atoms with E-state index in [4.69, 9.17) is 25.9 Å². The molecule has 11 heteroatoms. The number of nitrogens with two attached hydrogens (primary N) is 2. The highest BCUT2D eigenvalue weighted by molar-refractivity contribution is 5.74. The molecule has 0 unspecified atom stereocenters. The monoisotopic (exact) mass is 414 g/mol. The Bertz CT molecular complexity index is 1030. The number of hydrogen-bond acceptors (Lipinski definition) is 10. The Kier molecular flexibility index (Phi) is 6.31. The number of aryl methyl sites for hydroxylation is 1. The van der Waals surface area contributed by atoms with Crippen LogP contribution in [0, 0.1) is 0 Å². The number of carbonyl (C=O) groups excluding carboxylic acids is 1. The number of fused-ring (bicyclic) bond motifs is 1. The van der Waals surface area contributed by atoms with Gasteiger partial charge >= 0.3 is 5.97 Å². The minimum Gasteiger partial charge on any atom is -0.469 e.